The summed E-state index contributed by atoms with van der Waals surface area (Å²) in [6.07, 6.45) is -8.02. The first-order chi connectivity index (χ1) is 26.6. The number of aliphatic hydroxyl groups is 4. The minimum Gasteiger partial charge on any atom is -0.459 e. The zero-order valence-corrected chi connectivity index (χ0v) is 36.3. The number of epoxide rings is 1. The summed E-state index contributed by atoms with van der Waals surface area (Å²) in [4.78, 5) is 21.8. The highest BCUT2D eigenvalue weighted by Crippen LogP contribution is 2.49. The number of methoxy groups -OCH3 is 2. The number of hydrogen-bond donors (Lipinski definition) is 4. The number of ether oxygens (including phenoxy) is 9. The van der Waals surface area contributed by atoms with E-state index < -0.39 is 89.7 Å². The molecule has 5 unspecified atom stereocenters. The largest absolute Gasteiger partial charge is 0.459 e. The molecule has 0 spiro atoms. The molecule has 17 heteroatoms. The first-order valence-electron chi connectivity index (χ1n) is 20.4. The monoisotopic (exact) mass is 820 g/mol. The van der Waals surface area contributed by atoms with Crippen molar-refractivity contribution in [2.75, 3.05) is 48.3 Å². The first kappa shape index (κ1) is 48.1. The van der Waals surface area contributed by atoms with Crippen molar-refractivity contribution >= 4 is 11.7 Å². The standard InChI is InChI=1S/C40H72N2O15/c1-14-28-39(9,47)33(44)23(4)30(41-51-20-50-16-15-48-12)21(2)18-38(8,46)34(56-37-31(43)27(42(10)11)17-22(3)52-37)24(5)32(25(6)36(45)54-28)55-29-19-40(49-13)35(57-40)26(7)53-29/h21-29,31-35,37,43-44,46-47H,14-20H2,1-13H3/b41-30+/t21-,22?,23+,24+,25-,26?,27?,28-,29+,31?,32+,33-,34-,35+,37+,38-,39-,40?/m1/s1. The van der Waals surface area contributed by atoms with Gasteiger partial charge in [0.25, 0.3) is 0 Å². The third-order valence-corrected chi connectivity index (χ3v) is 12.4. The van der Waals surface area contributed by atoms with Crippen LogP contribution in [0.1, 0.15) is 88.0 Å². The summed E-state index contributed by atoms with van der Waals surface area (Å²) in [7, 11) is 6.85. The molecule has 57 heavy (non-hydrogen) atoms. The zero-order chi connectivity index (χ0) is 42.6. The fourth-order valence-electron chi connectivity index (χ4n) is 9.06. The lowest BCUT2D eigenvalue weighted by atomic mass is 9.73. The number of aliphatic hydroxyl groups excluding tert-OH is 2. The fraction of sp³-hybridized carbons (Fsp3) is 0.950. The van der Waals surface area contributed by atoms with Crippen LogP contribution in [0.25, 0.3) is 0 Å². The van der Waals surface area contributed by atoms with Gasteiger partial charge in [-0.25, -0.2) is 0 Å². The maximum Gasteiger partial charge on any atom is 0.311 e. The highest BCUT2D eigenvalue weighted by molar-refractivity contribution is 5.88. The van der Waals surface area contributed by atoms with Gasteiger partial charge in [0.05, 0.1) is 67.4 Å². The van der Waals surface area contributed by atoms with Crippen LogP contribution in [0.2, 0.25) is 0 Å². The first-order valence-corrected chi connectivity index (χ1v) is 20.4. The van der Waals surface area contributed by atoms with E-state index >= 15 is 0 Å². The number of esters is 1. The van der Waals surface area contributed by atoms with Gasteiger partial charge in [-0.1, -0.05) is 32.9 Å². The summed E-state index contributed by atoms with van der Waals surface area (Å²) in [5.41, 5.74) is -3.37. The third kappa shape index (κ3) is 11.0. The molecule has 0 amide bonds. The molecule has 4 heterocycles. The van der Waals surface area contributed by atoms with Gasteiger partial charge in [-0.2, -0.15) is 0 Å². The minimum atomic E-state index is -1.95. The van der Waals surface area contributed by atoms with Crippen molar-refractivity contribution in [1.82, 2.24) is 4.90 Å². The third-order valence-electron chi connectivity index (χ3n) is 12.4. The summed E-state index contributed by atoms with van der Waals surface area (Å²) in [5.74, 6) is -4.90. The second kappa shape index (κ2) is 19.9. The lowest BCUT2D eigenvalue weighted by Crippen LogP contribution is -2.60. The molecule has 18 atom stereocenters. The predicted molar refractivity (Wildman–Crippen MR) is 206 cm³/mol. The van der Waals surface area contributed by atoms with Crippen LogP contribution in [-0.4, -0.2) is 170 Å². The predicted octanol–water partition coefficient (Wildman–Crippen LogP) is 2.19. The van der Waals surface area contributed by atoms with Gasteiger partial charge in [-0.05, 0) is 68.0 Å². The van der Waals surface area contributed by atoms with Crippen LogP contribution in [0.4, 0.5) is 0 Å². The lowest BCUT2D eigenvalue weighted by molar-refractivity contribution is -0.307. The SMILES string of the molecule is CC[C@H]1OC(=O)[C@H](C)[C@@H](O[C@H]2CC3(OC)O[C@H]3C(C)O2)[C@H](C)[C@@H](O[C@@H]2OC(C)CC(N(C)C)C2O)[C@](C)(O)C[C@@H](C)/C(=N\OCOCCOC)[C@H](C)[C@@H](O)[C@]1(C)O. The van der Waals surface area contributed by atoms with E-state index in [1.807, 2.05) is 39.8 Å². The molecular formula is C40H72N2O15. The fourth-order valence-corrected chi connectivity index (χ4v) is 9.06. The van der Waals surface area contributed by atoms with E-state index in [0.717, 1.165) is 0 Å². The van der Waals surface area contributed by atoms with E-state index in [0.29, 0.717) is 18.7 Å². The number of oxime groups is 1. The average Bonchev–Trinajstić information content (AvgIpc) is 3.89. The van der Waals surface area contributed by atoms with Gasteiger partial charge in [0, 0.05) is 38.0 Å². The average molecular weight is 821 g/mol. The Labute approximate surface area is 338 Å². The van der Waals surface area contributed by atoms with Crippen LogP contribution in [0.15, 0.2) is 5.16 Å². The van der Waals surface area contributed by atoms with Crippen molar-refractivity contribution in [3.63, 3.8) is 0 Å². The maximum atomic E-state index is 14.3. The molecule has 4 saturated heterocycles. The summed E-state index contributed by atoms with van der Waals surface area (Å²) in [5, 5.41) is 52.5. The molecule has 17 nitrogen and oxygen atoms in total. The highest BCUT2D eigenvalue weighted by Gasteiger charge is 2.65. The number of cyclic esters (lactones) is 1. The van der Waals surface area contributed by atoms with Gasteiger partial charge in [-0.3, -0.25) is 4.79 Å². The molecule has 0 saturated carbocycles. The Morgan fingerprint density at radius 3 is 2.25 bits per heavy atom. The lowest BCUT2D eigenvalue weighted by Gasteiger charge is -2.48. The molecule has 0 aromatic carbocycles. The Morgan fingerprint density at radius 1 is 0.947 bits per heavy atom. The van der Waals surface area contributed by atoms with Crippen molar-refractivity contribution < 1.29 is 72.7 Å². The number of rotatable bonds is 13. The summed E-state index contributed by atoms with van der Waals surface area (Å²) >= 11 is 0. The van der Waals surface area contributed by atoms with E-state index in [2.05, 4.69) is 5.16 Å². The van der Waals surface area contributed by atoms with Crippen LogP contribution >= 0.6 is 0 Å². The Balaban J connectivity index is 1.82. The molecule has 4 rings (SSSR count). The van der Waals surface area contributed by atoms with Crippen LogP contribution in [-0.2, 0) is 52.3 Å². The van der Waals surface area contributed by atoms with Gasteiger partial charge < -0.3 is 72.8 Å². The maximum absolute atomic E-state index is 14.3. The second-order valence-electron chi connectivity index (χ2n) is 17.3. The molecule has 0 radical (unpaired) electrons. The van der Waals surface area contributed by atoms with Crippen molar-refractivity contribution in [3.05, 3.63) is 0 Å². The minimum absolute atomic E-state index is 0.00850. The van der Waals surface area contributed by atoms with Crippen LogP contribution < -0.4 is 0 Å². The van der Waals surface area contributed by atoms with E-state index in [1.165, 1.54) is 6.92 Å². The van der Waals surface area contributed by atoms with Crippen molar-refractivity contribution in [2.45, 2.75) is 172 Å². The summed E-state index contributed by atoms with van der Waals surface area (Å²) in [6, 6.07) is -0.311. The Bertz CT molecular complexity index is 1320. The quantitative estimate of drug-likeness (QED) is 0.0690. The number of carbonyl (C=O) groups excluding carboxylic acids is 1. The van der Waals surface area contributed by atoms with Gasteiger partial charge in [0.15, 0.2) is 12.6 Å². The van der Waals surface area contributed by atoms with Crippen LogP contribution in [0.5, 0.6) is 0 Å². The van der Waals surface area contributed by atoms with E-state index in [1.54, 1.807) is 48.8 Å². The molecule has 332 valence electrons. The molecular weight excluding hydrogens is 748 g/mol. The van der Waals surface area contributed by atoms with E-state index in [4.69, 9.17) is 47.5 Å². The molecule has 4 aliphatic rings. The number of hydrogen-bond acceptors (Lipinski definition) is 17. The van der Waals surface area contributed by atoms with Crippen LogP contribution in [0.3, 0.4) is 0 Å². The van der Waals surface area contributed by atoms with Gasteiger partial charge >= 0.3 is 5.97 Å². The molecule has 0 bridgehead atoms. The summed E-state index contributed by atoms with van der Waals surface area (Å²) < 4.78 is 54.1. The molecule has 0 aromatic heterocycles. The Morgan fingerprint density at radius 2 is 1.63 bits per heavy atom. The Hall–Kier alpha value is -1.58. The molecule has 4 aliphatic heterocycles. The highest BCUT2D eigenvalue weighted by atomic mass is 16.8. The number of carbonyl (C=O) groups is 1. The number of likely N-dealkylation sites (N-methyl/N-ethyl adjacent to an activating group) is 1. The van der Waals surface area contributed by atoms with Crippen LogP contribution in [0, 0.1) is 23.7 Å². The molecule has 0 aliphatic carbocycles. The van der Waals surface area contributed by atoms with E-state index in [-0.39, 0.29) is 57.0 Å². The van der Waals surface area contributed by atoms with Gasteiger partial charge in [-0.15, -0.1) is 0 Å². The Kier molecular flexibility index (Phi) is 16.8. The zero-order valence-electron chi connectivity index (χ0n) is 36.3. The normalized spacial score (nSPS) is 46.9. The molecule has 4 N–H and O–H groups in total. The van der Waals surface area contributed by atoms with Gasteiger partial charge in [0.1, 0.15) is 23.9 Å². The molecule has 4 fully saturated rings. The van der Waals surface area contributed by atoms with E-state index in [9.17, 15) is 25.2 Å². The van der Waals surface area contributed by atoms with Gasteiger partial charge in [0.2, 0.25) is 12.6 Å². The van der Waals surface area contributed by atoms with Crippen molar-refractivity contribution in [3.8, 4) is 0 Å². The van der Waals surface area contributed by atoms with Crippen molar-refractivity contribution in [2.24, 2.45) is 28.8 Å². The topological polar surface area (TPSA) is 209 Å². The smallest absolute Gasteiger partial charge is 0.311 e. The second-order valence-corrected chi connectivity index (χ2v) is 17.3. The number of nitrogens with zero attached hydrogens (tertiary/aromatic N) is 2. The van der Waals surface area contributed by atoms with Crippen molar-refractivity contribution in [1.29, 1.82) is 0 Å². The number of fused-ring (bicyclic) bond motifs is 1. The summed E-state index contributed by atoms with van der Waals surface area (Å²) in [6.45, 7) is 15.9. The molecule has 0 aromatic rings.